The molecule has 1 heterocycles. The van der Waals surface area contributed by atoms with Gasteiger partial charge >= 0.3 is 5.97 Å². The number of benzene rings is 1. The zero-order chi connectivity index (χ0) is 14.7. The fraction of sp³-hybridized carbons (Fsp3) is 0.462. The number of rotatable bonds is 4. The van der Waals surface area contributed by atoms with Crippen molar-refractivity contribution in [2.24, 2.45) is 0 Å². The molecule has 0 aromatic heterocycles. The fourth-order valence-corrected chi connectivity index (χ4v) is 2.07. The van der Waals surface area contributed by atoms with Crippen molar-refractivity contribution in [1.82, 2.24) is 0 Å². The summed E-state index contributed by atoms with van der Waals surface area (Å²) in [6.07, 6.45) is -4.19. The summed E-state index contributed by atoms with van der Waals surface area (Å²) in [5, 5.41) is 31.4. The first-order chi connectivity index (χ1) is 9.58. The quantitative estimate of drug-likeness (QED) is 0.542. The molecule has 0 saturated carbocycles. The highest BCUT2D eigenvalue weighted by Crippen LogP contribution is 2.25. The molecule has 0 radical (unpaired) electrons. The number of hydrogen-bond acceptors (Lipinski definition) is 7. The third-order valence-electron chi connectivity index (χ3n) is 3.17. The van der Waals surface area contributed by atoms with Crippen molar-refractivity contribution in [1.29, 1.82) is 0 Å². The minimum atomic E-state index is -1.21. The van der Waals surface area contributed by atoms with Gasteiger partial charge in [-0.1, -0.05) is 12.1 Å². The molecule has 0 amide bonds. The van der Waals surface area contributed by atoms with Crippen molar-refractivity contribution < 1.29 is 29.6 Å². The number of aliphatic hydroxyl groups excluding tert-OH is 3. The van der Waals surface area contributed by atoms with Crippen molar-refractivity contribution in [2.75, 3.05) is 19.0 Å². The van der Waals surface area contributed by atoms with Gasteiger partial charge in [-0.3, -0.25) is 0 Å². The number of aliphatic hydroxyl groups is 3. The van der Waals surface area contributed by atoms with Crippen LogP contribution in [0.1, 0.15) is 10.4 Å². The maximum Gasteiger partial charge on any atom is 0.339 e. The second-order valence-electron chi connectivity index (χ2n) is 4.44. The van der Waals surface area contributed by atoms with Gasteiger partial charge in [0.1, 0.15) is 18.3 Å². The second kappa shape index (κ2) is 6.19. The largest absolute Gasteiger partial charge is 0.465 e. The first kappa shape index (κ1) is 14.7. The van der Waals surface area contributed by atoms with Crippen LogP contribution in [0.25, 0.3) is 0 Å². The summed E-state index contributed by atoms with van der Waals surface area (Å²) in [4.78, 5) is 11.6. The predicted octanol–water partition coefficient (Wildman–Crippen LogP) is -0.676. The van der Waals surface area contributed by atoms with E-state index >= 15 is 0 Å². The van der Waals surface area contributed by atoms with Crippen molar-refractivity contribution in [3.8, 4) is 0 Å². The molecule has 7 nitrogen and oxygen atoms in total. The van der Waals surface area contributed by atoms with Gasteiger partial charge in [-0.25, -0.2) is 4.79 Å². The lowest BCUT2D eigenvalue weighted by molar-refractivity contribution is -0.0153. The lowest BCUT2D eigenvalue weighted by Crippen LogP contribution is -2.36. The minimum Gasteiger partial charge on any atom is -0.465 e. The van der Waals surface area contributed by atoms with Gasteiger partial charge in [-0.15, -0.1) is 0 Å². The summed E-state index contributed by atoms with van der Waals surface area (Å²) in [6.45, 7) is -0.408. The number of carbonyl (C=O) groups is 1. The summed E-state index contributed by atoms with van der Waals surface area (Å²) in [6, 6.07) is 6.57. The summed E-state index contributed by atoms with van der Waals surface area (Å²) < 4.78 is 9.95. The molecule has 0 spiro atoms. The van der Waals surface area contributed by atoms with Crippen molar-refractivity contribution >= 4 is 11.7 Å². The number of nitrogens with one attached hydrogen (secondary N) is 1. The van der Waals surface area contributed by atoms with Crippen molar-refractivity contribution in [3.63, 3.8) is 0 Å². The molecule has 4 N–H and O–H groups in total. The number of para-hydroxylation sites is 1. The minimum absolute atomic E-state index is 0.285. The first-order valence-electron chi connectivity index (χ1n) is 6.14. The Bertz CT molecular complexity index is 480. The number of carbonyl (C=O) groups excluding carboxylic acids is 1. The molecule has 1 aliphatic rings. The zero-order valence-corrected chi connectivity index (χ0v) is 10.9. The average Bonchev–Trinajstić information content (AvgIpc) is 2.75. The Morgan fingerprint density at radius 2 is 2.05 bits per heavy atom. The van der Waals surface area contributed by atoms with Crippen LogP contribution in [-0.4, -0.2) is 59.5 Å². The Kier molecular flexibility index (Phi) is 4.56. The molecule has 1 fully saturated rings. The van der Waals surface area contributed by atoms with Crippen LogP contribution in [0.5, 0.6) is 0 Å². The molecule has 4 atom stereocenters. The van der Waals surface area contributed by atoms with E-state index in [4.69, 9.17) is 9.84 Å². The molecule has 1 aromatic carbocycles. The second-order valence-corrected chi connectivity index (χ2v) is 4.44. The fourth-order valence-electron chi connectivity index (χ4n) is 2.07. The zero-order valence-electron chi connectivity index (χ0n) is 10.9. The van der Waals surface area contributed by atoms with E-state index < -0.39 is 37.1 Å². The molecular formula is C13H17NO6. The van der Waals surface area contributed by atoms with Gasteiger partial charge in [-0.05, 0) is 12.1 Å². The maximum absolute atomic E-state index is 11.6. The van der Waals surface area contributed by atoms with E-state index in [0.717, 1.165) is 0 Å². The number of ether oxygens (including phenoxy) is 2. The van der Waals surface area contributed by atoms with Gasteiger partial charge in [0.25, 0.3) is 0 Å². The van der Waals surface area contributed by atoms with Gasteiger partial charge in [0.2, 0.25) is 0 Å². The molecule has 0 aliphatic carbocycles. The van der Waals surface area contributed by atoms with Crippen molar-refractivity contribution in [3.05, 3.63) is 29.8 Å². The maximum atomic E-state index is 11.6. The highest BCUT2D eigenvalue weighted by molar-refractivity contribution is 5.95. The van der Waals surface area contributed by atoms with Crippen molar-refractivity contribution in [2.45, 2.75) is 24.5 Å². The van der Waals surface area contributed by atoms with E-state index in [2.05, 4.69) is 10.1 Å². The topological polar surface area (TPSA) is 108 Å². The molecule has 20 heavy (non-hydrogen) atoms. The third-order valence-corrected chi connectivity index (χ3v) is 3.17. The third kappa shape index (κ3) is 2.75. The summed E-state index contributed by atoms with van der Waals surface area (Å²) in [7, 11) is 1.27. The van der Waals surface area contributed by atoms with Crippen LogP contribution < -0.4 is 5.32 Å². The normalized spacial score (nSPS) is 29.2. The number of esters is 1. The van der Waals surface area contributed by atoms with Crippen LogP contribution in [0.3, 0.4) is 0 Å². The van der Waals surface area contributed by atoms with Crippen LogP contribution in [0.4, 0.5) is 5.69 Å². The van der Waals surface area contributed by atoms with E-state index in [1.165, 1.54) is 7.11 Å². The molecule has 7 heteroatoms. The standard InChI is InChI=1S/C13H17NO6/c1-19-13(18)7-4-2-3-5-8(7)14-12-11(17)10(16)9(6-15)20-12/h2-5,9-12,14-17H,6H2,1H3/t9-,10+,11+,12-/m0/s1. The van der Waals surface area contributed by atoms with E-state index in [0.29, 0.717) is 5.69 Å². The first-order valence-corrected chi connectivity index (χ1v) is 6.14. The van der Waals surface area contributed by atoms with Gasteiger partial charge in [0.05, 0.1) is 25.0 Å². The van der Waals surface area contributed by atoms with Crippen LogP contribution in [-0.2, 0) is 9.47 Å². The summed E-state index contributed by atoms with van der Waals surface area (Å²) >= 11 is 0. The van der Waals surface area contributed by atoms with Gasteiger partial charge in [-0.2, -0.15) is 0 Å². The predicted molar refractivity (Wildman–Crippen MR) is 69.2 cm³/mol. The Labute approximate surface area is 115 Å². The van der Waals surface area contributed by atoms with Gasteiger partial charge < -0.3 is 30.1 Å². The van der Waals surface area contributed by atoms with E-state index in [1.807, 2.05) is 0 Å². The lowest BCUT2D eigenvalue weighted by Gasteiger charge is -2.19. The molecule has 0 bridgehead atoms. The number of methoxy groups -OCH3 is 1. The molecule has 1 aromatic rings. The van der Waals surface area contributed by atoms with E-state index in [-0.39, 0.29) is 5.56 Å². The molecular weight excluding hydrogens is 266 g/mol. The Balaban J connectivity index is 2.17. The molecule has 1 saturated heterocycles. The van der Waals surface area contributed by atoms with Gasteiger partial charge in [0, 0.05) is 0 Å². The Morgan fingerprint density at radius 1 is 1.35 bits per heavy atom. The SMILES string of the molecule is COC(=O)c1ccccc1N[C@H]1O[C@@H](CO)[C@@H](O)[C@H]1O. The highest BCUT2D eigenvalue weighted by atomic mass is 16.6. The summed E-state index contributed by atoms with van der Waals surface area (Å²) in [5.41, 5.74) is 0.696. The lowest BCUT2D eigenvalue weighted by atomic mass is 10.1. The molecule has 2 rings (SSSR count). The Morgan fingerprint density at radius 3 is 2.65 bits per heavy atom. The summed E-state index contributed by atoms with van der Waals surface area (Å²) in [5.74, 6) is -0.528. The smallest absolute Gasteiger partial charge is 0.339 e. The van der Waals surface area contributed by atoms with E-state index in [9.17, 15) is 15.0 Å². The average molecular weight is 283 g/mol. The van der Waals surface area contributed by atoms with Crippen LogP contribution in [0, 0.1) is 0 Å². The Hall–Kier alpha value is -1.67. The number of anilines is 1. The van der Waals surface area contributed by atoms with Gasteiger partial charge in [0.15, 0.2) is 6.23 Å². The molecule has 110 valence electrons. The monoisotopic (exact) mass is 283 g/mol. The van der Waals surface area contributed by atoms with E-state index in [1.54, 1.807) is 24.3 Å². The highest BCUT2D eigenvalue weighted by Gasteiger charge is 2.42. The molecule has 0 unspecified atom stereocenters. The van der Waals surface area contributed by atoms with Crippen LogP contribution in [0.2, 0.25) is 0 Å². The van der Waals surface area contributed by atoms with Crippen LogP contribution >= 0.6 is 0 Å². The van der Waals surface area contributed by atoms with Crippen LogP contribution in [0.15, 0.2) is 24.3 Å². The number of hydrogen-bond donors (Lipinski definition) is 4. The molecule has 1 aliphatic heterocycles.